The van der Waals surface area contributed by atoms with E-state index in [9.17, 15) is 5.11 Å². The van der Waals surface area contributed by atoms with Crippen molar-refractivity contribution in [1.82, 2.24) is 0 Å². The van der Waals surface area contributed by atoms with Crippen molar-refractivity contribution in [3.63, 3.8) is 0 Å². The fraction of sp³-hybridized carbons (Fsp3) is 0.263. The van der Waals surface area contributed by atoms with Crippen LogP contribution in [0.1, 0.15) is 23.7 Å². The van der Waals surface area contributed by atoms with Gasteiger partial charge in [-0.05, 0) is 47.3 Å². The van der Waals surface area contributed by atoms with Gasteiger partial charge in [0, 0.05) is 5.39 Å². The van der Waals surface area contributed by atoms with Gasteiger partial charge in [0.15, 0.2) is 0 Å². The summed E-state index contributed by atoms with van der Waals surface area (Å²) < 4.78 is 5.08. The highest BCUT2D eigenvalue weighted by atomic mass is 32.2. The molecule has 2 heterocycles. The predicted molar refractivity (Wildman–Crippen MR) is 98.8 cm³/mol. The molecule has 2 nitrogen and oxygen atoms in total. The standard InChI is InChI=1S/C19H18O2S2/c20-18(15-7-8-17-14(13-15)9-10-21-17)19(22-11-4-12-23-19)16-5-2-1-3-6-16/h1-3,5-10,13,18,20H,4,11-12H2. The zero-order chi connectivity index (χ0) is 15.7. The molecule has 4 rings (SSSR count). The first kappa shape index (κ1) is 15.2. The summed E-state index contributed by atoms with van der Waals surface area (Å²) in [6.07, 6.45) is 2.33. The van der Waals surface area contributed by atoms with Gasteiger partial charge in [-0.2, -0.15) is 0 Å². The molecule has 2 aromatic carbocycles. The largest absolute Gasteiger partial charge is 0.464 e. The van der Waals surface area contributed by atoms with E-state index in [1.807, 2.05) is 53.9 Å². The van der Waals surface area contributed by atoms with Crippen LogP contribution in [-0.4, -0.2) is 16.6 Å². The van der Waals surface area contributed by atoms with Crippen molar-refractivity contribution in [3.8, 4) is 0 Å². The summed E-state index contributed by atoms with van der Waals surface area (Å²) >= 11 is 3.73. The van der Waals surface area contributed by atoms with Crippen molar-refractivity contribution < 1.29 is 9.52 Å². The average molecular weight is 342 g/mol. The molecule has 0 aliphatic carbocycles. The minimum absolute atomic E-state index is 0.336. The summed E-state index contributed by atoms with van der Waals surface area (Å²) in [5.41, 5.74) is 3.00. The van der Waals surface area contributed by atoms with Crippen LogP contribution in [0.2, 0.25) is 0 Å². The Morgan fingerprint density at radius 3 is 2.57 bits per heavy atom. The Bertz CT molecular complexity index is 791. The van der Waals surface area contributed by atoms with Gasteiger partial charge in [0.05, 0.1) is 6.26 Å². The molecule has 3 aromatic rings. The number of thioether (sulfide) groups is 2. The molecule has 0 spiro atoms. The van der Waals surface area contributed by atoms with Crippen LogP contribution in [0.25, 0.3) is 11.0 Å². The zero-order valence-corrected chi connectivity index (χ0v) is 14.3. The van der Waals surface area contributed by atoms with Crippen molar-refractivity contribution in [3.05, 3.63) is 72.0 Å². The monoisotopic (exact) mass is 342 g/mol. The third-order valence-electron chi connectivity index (χ3n) is 4.25. The smallest absolute Gasteiger partial charge is 0.133 e. The van der Waals surface area contributed by atoms with E-state index in [0.717, 1.165) is 28.0 Å². The van der Waals surface area contributed by atoms with E-state index in [-0.39, 0.29) is 4.08 Å². The third-order valence-corrected chi connectivity index (χ3v) is 7.72. The van der Waals surface area contributed by atoms with Crippen LogP contribution in [0.4, 0.5) is 0 Å². The Morgan fingerprint density at radius 2 is 1.78 bits per heavy atom. The van der Waals surface area contributed by atoms with Gasteiger partial charge in [-0.3, -0.25) is 0 Å². The predicted octanol–water partition coefficient (Wildman–Crippen LogP) is 5.19. The fourth-order valence-electron chi connectivity index (χ4n) is 3.08. The SMILES string of the molecule is OC(c1ccc2occc2c1)C1(c2ccccc2)SCCCS1. The maximum Gasteiger partial charge on any atom is 0.133 e. The second-order valence-electron chi connectivity index (χ2n) is 5.70. The summed E-state index contributed by atoms with van der Waals surface area (Å²) in [6.45, 7) is 0. The maximum atomic E-state index is 11.3. The molecule has 118 valence electrons. The Labute approximate surface area is 144 Å². The lowest BCUT2D eigenvalue weighted by Gasteiger charge is -2.40. The number of benzene rings is 2. The van der Waals surface area contributed by atoms with Crippen molar-refractivity contribution in [1.29, 1.82) is 0 Å². The molecule has 0 saturated carbocycles. The molecule has 1 aliphatic heterocycles. The number of rotatable bonds is 3. The molecular weight excluding hydrogens is 324 g/mol. The number of hydrogen-bond acceptors (Lipinski definition) is 4. The van der Waals surface area contributed by atoms with Gasteiger partial charge in [-0.25, -0.2) is 0 Å². The summed E-state index contributed by atoms with van der Waals surface area (Å²) in [5, 5.41) is 12.3. The number of hydrogen-bond donors (Lipinski definition) is 1. The fourth-order valence-corrected chi connectivity index (χ4v) is 6.47. The molecule has 1 aliphatic rings. The highest BCUT2D eigenvalue weighted by molar-refractivity contribution is 8.18. The lowest BCUT2D eigenvalue weighted by molar-refractivity contribution is 0.163. The second-order valence-corrected chi connectivity index (χ2v) is 8.64. The first-order chi connectivity index (χ1) is 11.3. The van der Waals surface area contributed by atoms with Crippen molar-refractivity contribution in [2.24, 2.45) is 0 Å². The highest BCUT2D eigenvalue weighted by Crippen LogP contribution is 2.57. The lowest BCUT2D eigenvalue weighted by atomic mass is 9.99. The van der Waals surface area contributed by atoms with Crippen LogP contribution in [-0.2, 0) is 4.08 Å². The highest BCUT2D eigenvalue weighted by Gasteiger charge is 2.43. The molecule has 1 atom stereocenters. The summed E-state index contributed by atoms with van der Waals surface area (Å²) in [4.78, 5) is 0. The summed E-state index contributed by atoms with van der Waals surface area (Å²) in [6, 6.07) is 18.3. The van der Waals surface area contributed by atoms with Gasteiger partial charge in [-0.1, -0.05) is 36.4 Å². The van der Waals surface area contributed by atoms with E-state index < -0.39 is 6.10 Å². The van der Waals surface area contributed by atoms with E-state index in [1.165, 1.54) is 12.0 Å². The van der Waals surface area contributed by atoms with Crippen LogP contribution in [0.15, 0.2) is 65.3 Å². The molecule has 1 aromatic heterocycles. The zero-order valence-electron chi connectivity index (χ0n) is 12.6. The lowest BCUT2D eigenvalue weighted by Crippen LogP contribution is -2.30. The number of aliphatic hydroxyl groups is 1. The quantitative estimate of drug-likeness (QED) is 0.710. The van der Waals surface area contributed by atoms with Gasteiger partial charge >= 0.3 is 0 Å². The average Bonchev–Trinajstić information content (AvgIpc) is 3.10. The van der Waals surface area contributed by atoms with Crippen LogP contribution < -0.4 is 0 Å². The van der Waals surface area contributed by atoms with Crippen molar-refractivity contribution in [2.75, 3.05) is 11.5 Å². The van der Waals surface area contributed by atoms with E-state index >= 15 is 0 Å². The normalized spacial score (nSPS) is 18.8. The van der Waals surface area contributed by atoms with Crippen molar-refractivity contribution in [2.45, 2.75) is 16.6 Å². The molecule has 1 unspecified atom stereocenters. The van der Waals surface area contributed by atoms with Gasteiger partial charge < -0.3 is 9.52 Å². The van der Waals surface area contributed by atoms with Gasteiger partial charge in [0.2, 0.25) is 0 Å². The van der Waals surface area contributed by atoms with E-state index in [2.05, 4.69) is 24.3 Å². The first-order valence-corrected chi connectivity index (χ1v) is 9.75. The third kappa shape index (κ3) is 2.69. The van der Waals surface area contributed by atoms with E-state index in [4.69, 9.17) is 4.42 Å². The Kier molecular flexibility index (Phi) is 4.14. The van der Waals surface area contributed by atoms with Crippen LogP contribution >= 0.6 is 23.5 Å². The Hall–Kier alpha value is -1.36. The molecule has 0 bridgehead atoms. The molecule has 0 amide bonds. The molecule has 1 fully saturated rings. The van der Waals surface area contributed by atoms with Crippen LogP contribution in [0.3, 0.4) is 0 Å². The molecule has 23 heavy (non-hydrogen) atoms. The summed E-state index contributed by atoms with van der Waals surface area (Å²) in [5.74, 6) is 2.15. The molecule has 0 radical (unpaired) electrons. The number of fused-ring (bicyclic) bond motifs is 1. The number of furan rings is 1. The minimum Gasteiger partial charge on any atom is -0.464 e. The minimum atomic E-state index is -0.556. The molecular formula is C19H18O2S2. The Morgan fingerprint density at radius 1 is 1.00 bits per heavy atom. The van der Waals surface area contributed by atoms with Crippen LogP contribution in [0.5, 0.6) is 0 Å². The van der Waals surface area contributed by atoms with Crippen molar-refractivity contribution >= 4 is 34.5 Å². The van der Waals surface area contributed by atoms with Gasteiger partial charge in [0.25, 0.3) is 0 Å². The molecule has 4 heteroatoms. The van der Waals surface area contributed by atoms with E-state index in [0.29, 0.717) is 0 Å². The maximum absolute atomic E-state index is 11.3. The van der Waals surface area contributed by atoms with E-state index in [1.54, 1.807) is 6.26 Å². The second kappa shape index (κ2) is 6.27. The Balaban J connectivity index is 1.79. The molecule has 1 saturated heterocycles. The van der Waals surface area contributed by atoms with Gasteiger partial charge in [-0.15, -0.1) is 23.5 Å². The van der Waals surface area contributed by atoms with Crippen LogP contribution in [0, 0.1) is 0 Å². The topological polar surface area (TPSA) is 33.4 Å². The van der Waals surface area contributed by atoms with Gasteiger partial charge in [0.1, 0.15) is 15.8 Å². The first-order valence-electron chi connectivity index (χ1n) is 7.78. The number of aliphatic hydroxyl groups excluding tert-OH is 1. The molecule has 1 N–H and O–H groups in total. The summed E-state index contributed by atoms with van der Waals surface area (Å²) in [7, 11) is 0.